The first-order valence-electron chi connectivity index (χ1n) is 6.62. The summed E-state index contributed by atoms with van der Waals surface area (Å²) in [6.45, 7) is 2.88. The standard InChI is InChI=1S/C14H18Cl2N2O4/c1-7(19)6-17-14(22)12(8(2)20)18-13(21)10-5-9(15)3-4-11(10)16/h3-5,7-8,12,19-20H,6H2,1-2H3,(H,17,22)(H,18,21)/t7-,8?,12?/m0/s1. The zero-order valence-corrected chi connectivity index (χ0v) is 13.6. The highest BCUT2D eigenvalue weighted by molar-refractivity contribution is 6.35. The maximum absolute atomic E-state index is 12.2. The average Bonchev–Trinajstić information content (AvgIpc) is 2.44. The van der Waals surface area contributed by atoms with Crippen molar-refractivity contribution in [1.29, 1.82) is 0 Å². The van der Waals surface area contributed by atoms with Gasteiger partial charge in [0, 0.05) is 11.6 Å². The Morgan fingerprint density at radius 1 is 1.23 bits per heavy atom. The molecule has 122 valence electrons. The molecule has 4 N–H and O–H groups in total. The summed E-state index contributed by atoms with van der Waals surface area (Å²) in [6.07, 6.45) is -1.87. The molecule has 8 heteroatoms. The predicted octanol–water partition coefficient (Wildman–Crippen LogP) is 0.970. The van der Waals surface area contributed by atoms with Crippen molar-refractivity contribution in [1.82, 2.24) is 10.6 Å². The zero-order chi connectivity index (χ0) is 16.9. The Morgan fingerprint density at radius 2 is 1.86 bits per heavy atom. The SMILES string of the molecule is CC(O)C(NC(=O)c1cc(Cl)ccc1Cl)C(=O)NC[C@H](C)O. The maximum Gasteiger partial charge on any atom is 0.253 e. The maximum atomic E-state index is 12.2. The van der Waals surface area contributed by atoms with Gasteiger partial charge in [0.1, 0.15) is 6.04 Å². The number of carbonyl (C=O) groups excluding carboxylic acids is 2. The van der Waals surface area contributed by atoms with E-state index in [0.717, 1.165) is 0 Å². The summed E-state index contributed by atoms with van der Waals surface area (Å²) < 4.78 is 0. The number of hydrogen-bond acceptors (Lipinski definition) is 4. The van der Waals surface area contributed by atoms with E-state index >= 15 is 0 Å². The Morgan fingerprint density at radius 3 is 2.41 bits per heavy atom. The van der Waals surface area contributed by atoms with Crippen molar-refractivity contribution in [3.8, 4) is 0 Å². The Hall–Kier alpha value is -1.34. The van der Waals surface area contributed by atoms with Gasteiger partial charge >= 0.3 is 0 Å². The van der Waals surface area contributed by atoms with Crippen molar-refractivity contribution in [3.05, 3.63) is 33.8 Å². The molecule has 3 atom stereocenters. The summed E-state index contributed by atoms with van der Waals surface area (Å²) in [7, 11) is 0. The Balaban J connectivity index is 2.84. The molecule has 1 aromatic rings. The molecule has 0 saturated heterocycles. The first-order chi connectivity index (χ1) is 10.2. The lowest BCUT2D eigenvalue weighted by Gasteiger charge is -2.21. The van der Waals surface area contributed by atoms with Crippen LogP contribution < -0.4 is 10.6 Å². The third kappa shape index (κ3) is 5.46. The van der Waals surface area contributed by atoms with Gasteiger partial charge in [-0.3, -0.25) is 9.59 Å². The van der Waals surface area contributed by atoms with Crippen LogP contribution in [0.15, 0.2) is 18.2 Å². The summed E-state index contributed by atoms with van der Waals surface area (Å²) in [5, 5.41) is 24.1. The van der Waals surface area contributed by atoms with Crippen LogP contribution in [0.5, 0.6) is 0 Å². The van der Waals surface area contributed by atoms with Crippen LogP contribution in [-0.2, 0) is 4.79 Å². The molecule has 22 heavy (non-hydrogen) atoms. The van der Waals surface area contributed by atoms with Crippen LogP contribution in [0.4, 0.5) is 0 Å². The van der Waals surface area contributed by atoms with Gasteiger partial charge in [0.2, 0.25) is 5.91 Å². The first kappa shape index (κ1) is 18.7. The van der Waals surface area contributed by atoms with Crippen LogP contribution >= 0.6 is 23.2 Å². The number of carbonyl (C=O) groups is 2. The molecule has 1 rings (SSSR count). The molecule has 0 aliphatic carbocycles. The highest BCUT2D eigenvalue weighted by Crippen LogP contribution is 2.20. The Bertz CT molecular complexity index is 550. The highest BCUT2D eigenvalue weighted by Gasteiger charge is 2.26. The number of aliphatic hydroxyl groups is 2. The lowest BCUT2D eigenvalue weighted by Crippen LogP contribution is -2.53. The molecule has 0 saturated carbocycles. The van der Waals surface area contributed by atoms with Gasteiger partial charge in [-0.15, -0.1) is 0 Å². The number of amides is 2. The van der Waals surface area contributed by atoms with Crippen LogP contribution in [0.3, 0.4) is 0 Å². The molecular formula is C14H18Cl2N2O4. The van der Waals surface area contributed by atoms with Gasteiger partial charge < -0.3 is 20.8 Å². The monoisotopic (exact) mass is 348 g/mol. The summed E-state index contributed by atoms with van der Waals surface area (Å²) in [5.41, 5.74) is 0.100. The van der Waals surface area contributed by atoms with E-state index in [1.165, 1.54) is 32.0 Å². The molecule has 0 aromatic heterocycles. The van der Waals surface area contributed by atoms with E-state index in [4.69, 9.17) is 28.3 Å². The van der Waals surface area contributed by atoms with Crippen LogP contribution in [-0.4, -0.2) is 46.8 Å². The molecule has 2 unspecified atom stereocenters. The molecule has 2 amide bonds. The minimum absolute atomic E-state index is 0.00977. The van der Waals surface area contributed by atoms with Gasteiger partial charge in [-0.1, -0.05) is 23.2 Å². The second-order valence-corrected chi connectivity index (χ2v) is 5.75. The molecule has 0 aliphatic rings. The van der Waals surface area contributed by atoms with Crippen LogP contribution in [0.2, 0.25) is 10.0 Å². The second kappa shape index (κ2) is 8.33. The normalized spacial score (nSPS) is 14.8. The van der Waals surface area contributed by atoms with Crippen molar-refractivity contribution in [2.24, 2.45) is 0 Å². The molecule has 1 aromatic carbocycles. The van der Waals surface area contributed by atoms with Gasteiger partial charge in [-0.25, -0.2) is 0 Å². The Kier molecular flexibility index (Phi) is 7.09. The minimum Gasteiger partial charge on any atom is -0.392 e. The van der Waals surface area contributed by atoms with Crippen molar-refractivity contribution in [2.45, 2.75) is 32.1 Å². The molecular weight excluding hydrogens is 331 g/mol. The number of benzene rings is 1. The van der Waals surface area contributed by atoms with E-state index in [0.29, 0.717) is 5.02 Å². The summed E-state index contributed by atoms with van der Waals surface area (Å²) >= 11 is 11.7. The van der Waals surface area contributed by atoms with E-state index < -0.39 is 30.1 Å². The number of nitrogens with one attached hydrogen (secondary N) is 2. The topological polar surface area (TPSA) is 98.7 Å². The summed E-state index contributed by atoms with van der Waals surface area (Å²) in [5.74, 6) is -1.24. The minimum atomic E-state index is -1.18. The van der Waals surface area contributed by atoms with Crippen molar-refractivity contribution < 1.29 is 19.8 Å². The predicted molar refractivity (Wildman–Crippen MR) is 84.1 cm³/mol. The van der Waals surface area contributed by atoms with E-state index in [9.17, 15) is 14.7 Å². The number of halogens is 2. The lowest BCUT2D eigenvalue weighted by molar-refractivity contribution is -0.125. The fourth-order valence-corrected chi connectivity index (χ4v) is 2.03. The number of rotatable bonds is 6. The number of hydrogen-bond donors (Lipinski definition) is 4. The van der Waals surface area contributed by atoms with Gasteiger partial charge in [-0.05, 0) is 32.0 Å². The molecule has 0 bridgehead atoms. The molecule has 0 heterocycles. The smallest absolute Gasteiger partial charge is 0.253 e. The fraction of sp³-hybridized carbons (Fsp3) is 0.429. The van der Waals surface area contributed by atoms with Gasteiger partial charge in [0.15, 0.2) is 0 Å². The largest absolute Gasteiger partial charge is 0.392 e. The van der Waals surface area contributed by atoms with E-state index in [2.05, 4.69) is 10.6 Å². The molecule has 0 fully saturated rings. The van der Waals surface area contributed by atoms with E-state index in [1.807, 2.05) is 0 Å². The number of aliphatic hydroxyl groups excluding tert-OH is 2. The van der Waals surface area contributed by atoms with Crippen LogP contribution in [0.25, 0.3) is 0 Å². The third-order valence-electron chi connectivity index (χ3n) is 2.80. The van der Waals surface area contributed by atoms with Gasteiger partial charge in [-0.2, -0.15) is 0 Å². The summed E-state index contributed by atoms with van der Waals surface area (Å²) in [4.78, 5) is 24.1. The molecule has 6 nitrogen and oxygen atoms in total. The summed E-state index contributed by atoms with van der Waals surface area (Å²) in [6, 6.07) is 3.18. The van der Waals surface area contributed by atoms with Crippen LogP contribution in [0.1, 0.15) is 24.2 Å². The molecule has 0 radical (unpaired) electrons. The van der Waals surface area contributed by atoms with Crippen LogP contribution in [0, 0.1) is 0 Å². The Labute approximate surface area is 138 Å². The highest BCUT2D eigenvalue weighted by atomic mass is 35.5. The van der Waals surface area contributed by atoms with Crippen molar-refractivity contribution >= 4 is 35.0 Å². The van der Waals surface area contributed by atoms with E-state index in [-0.39, 0.29) is 17.1 Å². The zero-order valence-electron chi connectivity index (χ0n) is 12.1. The fourth-order valence-electron chi connectivity index (χ4n) is 1.65. The van der Waals surface area contributed by atoms with Crippen molar-refractivity contribution in [3.63, 3.8) is 0 Å². The molecule has 0 aliphatic heterocycles. The lowest BCUT2D eigenvalue weighted by atomic mass is 10.1. The third-order valence-corrected chi connectivity index (χ3v) is 3.36. The van der Waals surface area contributed by atoms with Crippen molar-refractivity contribution in [2.75, 3.05) is 6.54 Å². The first-order valence-corrected chi connectivity index (χ1v) is 7.37. The molecule has 0 spiro atoms. The van der Waals surface area contributed by atoms with Gasteiger partial charge in [0.25, 0.3) is 5.91 Å². The second-order valence-electron chi connectivity index (χ2n) is 4.91. The average molecular weight is 349 g/mol. The van der Waals surface area contributed by atoms with E-state index in [1.54, 1.807) is 0 Å². The van der Waals surface area contributed by atoms with Gasteiger partial charge in [0.05, 0.1) is 22.8 Å². The quantitative estimate of drug-likeness (QED) is 0.615.